The molecule has 0 radical (unpaired) electrons. The van der Waals surface area contributed by atoms with Crippen molar-refractivity contribution in [2.24, 2.45) is 5.92 Å². The summed E-state index contributed by atoms with van der Waals surface area (Å²) in [6, 6.07) is 16.4. The molecule has 0 aromatic heterocycles. The first-order valence-electron chi connectivity index (χ1n) is 7.85. The van der Waals surface area contributed by atoms with E-state index >= 15 is 0 Å². The third kappa shape index (κ3) is 5.49. The fourth-order valence-corrected chi connectivity index (χ4v) is 2.47. The van der Waals surface area contributed by atoms with Gasteiger partial charge in [0.25, 0.3) is 0 Å². The highest BCUT2D eigenvalue weighted by Crippen LogP contribution is 2.20. The number of amides is 1. The lowest BCUT2D eigenvalue weighted by Gasteiger charge is -2.22. The Balaban J connectivity index is 1.83. The van der Waals surface area contributed by atoms with Crippen LogP contribution < -0.4 is 10.6 Å². The zero-order chi connectivity index (χ0) is 16.7. The Morgan fingerprint density at radius 2 is 1.70 bits per heavy atom. The highest BCUT2D eigenvalue weighted by molar-refractivity contribution is 5.78. The van der Waals surface area contributed by atoms with Gasteiger partial charge in [0.15, 0.2) is 0 Å². The third-order valence-corrected chi connectivity index (χ3v) is 3.71. The van der Waals surface area contributed by atoms with Gasteiger partial charge in [-0.05, 0) is 29.2 Å². The summed E-state index contributed by atoms with van der Waals surface area (Å²) < 4.78 is 12.8. The normalized spacial score (nSPS) is 12.2. The lowest BCUT2D eigenvalue weighted by atomic mass is 9.96. The van der Waals surface area contributed by atoms with Crippen molar-refractivity contribution in [2.75, 3.05) is 6.54 Å². The van der Waals surface area contributed by atoms with Crippen LogP contribution in [0.15, 0.2) is 54.6 Å². The van der Waals surface area contributed by atoms with Gasteiger partial charge in [-0.2, -0.15) is 0 Å². The number of hydrogen-bond acceptors (Lipinski definition) is 2. The van der Waals surface area contributed by atoms with Crippen LogP contribution in [0.4, 0.5) is 4.39 Å². The maximum Gasteiger partial charge on any atom is 0.234 e. The molecular weight excluding hydrogens is 291 g/mol. The number of carbonyl (C=O) groups is 1. The molecule has 2 aromatic rings. The average Bonchev–Trinajstić information content (AvgIpc) is 2.55. The molecule has 23 heavy (non-hydrogen) atoms. The van der Waals surface area contributed by atoms with Crippen molar-refractivity contribution in [2.45, 2.75) is 26.4 Å². The molecule has 0 heterocycles. The first-order valence-corrected chi connectivity index (χ1v) is 7.85. The lowest BCUT2D eigenvalue weighted by Crippen LogP contribution is -2.37. The summed E-state index contributed by atoms with van der Waals surface area (Å²) in [7, 11) is 0. The number of hydrogen-bond donors (Lipinski definition) is 2. The number of halogens is 1. The van der Waals surface area contributed by atoms with Crippen LogP contribution in [0.2, 0.25) is 0 Å². The van der Waals surface area contributed by atoms with Crippen LogP contribution in [-0.2, 0) is 11.3 Å². The van der Waals surface area contributed by atoms with E-state index in [1.54, 1.807) is 12.1 Å². The van der Waals surface area contributed by atoms with Crippen molar-refractivity contribution in [3.05, 3.63) is 71.5 Å². The number of benzene rings is 2. The Morgan fingerprint density at radius 1 is 1.04 bits per heavy atom. The summed E-state index contributed by atoms with van der Waals surface area (Å²) in [4.78, 5) is 12.0. The zero-order valence-electron chi connectivity index (χ0n) is 13.6. The molecule has 0 unspecified atom stereocenters. The molecule has 0 aliphatic heterocycles. The number of nitrogens with one attached hydrogen (secondary N) is 2. The van der Waals surface area contributed by atoms with Gasteiger partial charge in [-0.15, -0.1) is 0 Å². The molecule has 122 valence electrons. The first-order chi connectivity index (χ1) is 11.1. The van der Waals surface area contributed by atoms with Crippen molar-refractivity contribution < 1.29 is 9.18 Å². The van der Waals surface area contributed by atoms with Crippen LogP contribution in [0, 0.1) is 11.7 Å². The van der Waals surface area contributed by atoms with E-state index in [9.17, 15) is 9.18 Å². The summed E-state index contributed by atoms with van der Waals surface area (Å²) in [5, 5.41) is 6.15. The first kappa shape index (κ1) is 17.2. The van der Waals surface area contributed by atoms with Gasteiger partial charge >= 0.3 is 0 Å². The molecule has 1 atom stereocenters. The minimum atomic E-state index is -0.274. The van der Waals surface area contributed by atoms with Crippen LogP contribution in [0.5, 0.6) is 0 Å². The Labute approximate surface area is 136 Å². The van der Waals surface area contributed by atoms with E-state index in [0.29, 0.717) is 12.5 Å². The minimum absolute atomic E-state index is 0.0732. The highest BCUT2D eigenvalue weighted by Gasteiger charge is 2.16. The summed E-state index contributed by atoms with van der Waals surface area (Å²) in [6.45, 7) is 4.90. The van der Waals surface area contributed by atoms with Crippen LogP contribution in [0.3, 0.4) is 0 Å². The fourth-order valence-electron chi connectivity index (χ4n) is 2.47. The quantitative estimate of drug-likeness (QED) is 0.822. The van der Waals surface area contributed by atoms with E-state index in [-0.39, 0.29) is 24.3 Å². The van der Waals surface area contributed by atoms with Gasteiger partial charge in [0.1, 0.15) is 5.82 Å². The van der Waals surface area contributed by atoms with E-state index in [0.717, 1.165) is 5.56 Å². The van der Waals surface area contributed by atoms with E-state index in [1.165, 1.54) is 17.7 Å². The third-order valence-electron chi connectivity index (χ3n) is 3.71. The fraction of sp³-hybridized carbons (Fsp3) is 0.316. The second kappa shape index (κ2) is 8.44. The van der Waals surface area contributed by atoms with Gasteiger partial charge in [0, 0.05) is 12.6 Å². The number of carbonyl (C=O) groups excluding carboxylic acids is 1. The van der Waals surface area contributed by atoms with Gasteiger partial charge in [-0.3, -0.25) is 4.79 Å². The molecule has 2 aromatic carbocycles. The molecule has 0 aliphatic rings. The second-order valence-electron chi connectivity index (χ2n) is 5.92. The summed E-state index contributed by atoms with van der Waals surface area (Å²) in [5.74, 6) is 0.0302. The van der Waals surface area contributed by atoms with Gasteiger partial charge in [-0.1, -0.05) is 56.3 Å². The summed E-state index contributed by atoms with van der Waals surface area (Å²) >= 11 is 0. The van der Waals surface area contributed by atoms with Gasteiger partial charge in [-0.25, -0.2) is 4.39 Å². The topological polar surface area (TPSA) is 41.1 Å². The molecule has 0 saturated carbocycles. The highest BCUT2D eigenvalue weighted by atomic mass is 19.1. The van der Waals surface area contributed by atoms with Crippen molar-refractivity contribution in [3.63, 3.8) is 0 Å². The SMILES string of the molecule is CC(C)[C@@H](NCC(=O)NCc1ccc(F)cc1)c1ccccc1. The van der Waals surface area contributed by atoms with E-state index in [2.05, 4.69) is 36.6 Å². The molecule has 0 fully saturated rings. The molecule has 0 bridgehead atoms. The summed E-state index contributed by atoms with van der Waals surface area (Å²) in [5.41, 5.74) is 2.05. The van der Waals surface area contributed by atoms with Gasteiger partial charge < -0.3 is 10.6 Å². The predicted molar refractivity (Wildman–Crippen MR) is 90.3 cm³/mol. The van der Waals surface area contributed by atoms with Crippen molar-refractivity contribution in [1.82, 2.24) is 10.6 Å². The van der Waals surface area contributed by atoms with Crippen LogP contribution >= 0.6 is 0 Å². The van der Waals surface area contributed by atoms with Crippen molar-refractivity contribution in [3.8, 4) is 0 Å². The molecule has 1 amide bonds. The molecule has 0 saturated heterocycles. The van der Waals surface area contributed by atoms with Crippen molar-refractivity contribution >= 4 is 5.91 Å². The monoisotopic (exact) mass is 314 g/mol. The Bertz CT molecular complexity index is 611. The maximum atomic E-state index is 12.8. The molecular formula is C19H23FN2O. The van der Waals surface area contributed by atoms with Crippen LogP contribution in [0.1, 0.15) is 31.0 Å². The molecule has 3 nitrogen and oxygen atoms in total. The summed E-state index contributed by atoms with van der Waals surface area (Å²) in [6.07, 6.45) is 0. The van der Waals surface area contributed by atoms with E-state index < -0.39 is 0 Å². The Hall–Kier alpha value is -2.20. The number of rotatable bonds is 7. The molecule has 0 aliphatic carbocycles. The molecule has 2 N–H and O–H groups in total. The van der Waals surface area contributed by atoms with E-state index in [1.807, 2.05) is 18.2 Å². The smallest absolute Gasteiger partial charge is 0.234 e. The van der Waals surface area contributed by atoms with Gasteiger partial charge in [0.2, 0.25) is 5.91 Å². The second-order valence-corrected chi connectivity index (χ2v) is 5.92. The van der Waals surface area contributed by atoms with Crippen LogP contribution in [-0.4, -0.2) is 12.5 Å². The predicted octanol–water partition coefficient (Wildman–Crippen LogP) is 3.43. The Kier molecular flexibility index (Phi) is 6.29. The van der Waals surface area contributed by atoms with E-state index in [4.69, 9.17) is 0 Å². The average molecular weight is 314 g/mol. The molecule has 4 heteroatoms. The lowest BCUT2D eigenvalue weighted by molar-refractivity contribution is -0.120. The maximum absolute atomic E-state index is 12.8. The Morgan fingerprint density at radius 3 is 2.30 bits per heavy atom. The largest absolute Gasteiger partial charge is 0.351 e. The molecule has 2 rings (SSSR count). The van der Waals surface area contributed by atoms with Crippen molar-refractivity contribution in [1.29, 1.82) is 0 Å². The zero-order valence-corrected chi connectivity index (χ0v) is 13.6. The molecule has 0 spiro atoms. The van der Waals surface area contributed by atoms with Gasteiger partial charge in [0.05, 0.1) is 6.54 Å². The standard InChI is InChI=1S/C19H23FN2O/c1-14(2)19(16-6-4-3-5-7-16)22-13-18(23)21-12-15-8-10-17(20)11-9-15/h3-11,14,19,22H,12-13H2,1-2H3,(H,21,23)/t19-/m1/s1. The minimum Gasteiger partial charge on any atom is -0.351 e. The van der Waals surface area contributed by atoms with Crippen LogP contribution in [0.25, 0.3) is 0 Å².